The summed E-state index contributed by atoms with van der Waals surface area (Å²) in [5.74, 6) is -0.615. The van der Waals surface area contributed by atoms with Gasteiger partial charge in [-0.25, -0.2) is 4.79 Å². The van der Waals surface area contributed by atoms with Gasteiger partial charge >= 0.3 is 5.97 Å². The number of fused-ring (bicyclic) bond motifs is 1. The van der Waals surface area contributed by atoms with E-state index in [0.717, 1.165) is 4.47 Å². The molecule has 0 atom stereocenters. The number of ether oxygens (including phenoxy) is 2. The fourth-order valence-electron chi connectivity index (χ4n) is 2.15. The Kier molecular flexibility index (Phi) is 4.52. The van der Waals surface area contributed by atoms with E-state index in [1.807, 2.05) is 0 Å². The van der Waals surface area contributed by atoms with Gasteiger partial charge in [0.05, 0.1) is 0 Å². The normalized spacial score (nSPS) is 12.8. The molecule has 0 radical (unpaired) electrons. The predicted octanol–water partition coefficient (Wildman–Crippen LogP) is 3.03. The molecule has 0 saturated carbocycles. The summed E-state index contributed by atoms with van der Waals surface area (Å²) in [4.78, 5) is 23.6. The van der Waals surface area contributed by atoms with E-state index in [0.29, 0.717) is 22.6 Å². The van der Waals surface area contributed by atoms with Crippen LogP contribution in [0.1, 0.15) is 15.9 Å². The minimum absolute atomic E-state index is 0.133. The minimum Gasteiger partial charge on any atom is -0.477 e. The summed E-state index contributed by atoms with van der Waals surface area (Å²) in [5, 5.41) is 11.7. The monoisotopic (exact) mass is 389 g/mol. The van der Waals surface area contributed by atoms with Crippen LogP contribution in [0.2, 0.25) is 0 Å². The molecular weight excluding hydrogens is 378 g/mol. The molecule has 0 aliphatic carbocycles. The summed E-state index contributed by atoms with van der Waals surface area (Å²) in [6.45, 7) is 0.133. The van der Waals surface area contributed by atoms with E-state index >= 15 is 0 Å². The third-order valence-corrected chi connectivity index (χ3v) is 3.77. The molecule has 6 nitrogen and oxygen atoms in total. The maximum atomic E-state index is 12.2. The van der Waals surface area contributed by atoms with Crippen molar-refractivity contribution >= 4 is 33.9 Å². The van der Waals surface area contributed by atoms with Crippen LogP contribution in [-0.2, 0) is 4.79 Å². The van der Waals surface area contributed by atoms with Gasteiger partial charge < -0.3 is 19.9 Å². The first-order chi connectivity index (χ1) is 11.5. The van der Waals surface area contributed by atoms with Crippen LogP contribution in [-0.4, -0.2) is 23.8 Å². The number of benzene rings is 2. The Hall–Kier alpha value is -2.80. The van der Waals surface area contributed by atoms with Crippen molar-refractivity contribution in [2.75, 3.05) is 6.79 Å². The lowest BCUT2D eigenvalue weighted by molar-refractivity contribution is -0.132. The Morgan fingerprint density at radius 2 is 1.92 bits per heavy atom. The van der Waals surface area contributed by atoms with Gasteiger partial charge in [0.15, 0.2) is 11.5 Å². The van der Waals surface area contributed by atoms with E-state index in [9.17, 15) is 14.7 Å². The van der Waals surface area contributed by atoms with Gasteiger partial charge in [0, 0.05) is 10.0 Å². The molecule has 7 heteroatoms. The van der Waals surface area contributed by atoms with Crippen molar-refractivity contribution in [3.8, 4) is 11.5 Å². The van der Waals surface area contributed by atoms with E-state index in [-0.39, 0.29) is 12.5 Å². The molecule has 1 aliphatic heterocycles. The van der Waals surface area contributed by atoms with Crippen LogP contribution in [0.15, 0.2) is 52.6 Å². The summed E-state index contributed by atoms with van der Waals surface area (Å²) in [5.41, 5.74) is 0.687. The number of carbonyl (C=O) groups excluding carboxylic acids is 1. The maximum Gasteiger partial charge on any atom is 0.352 e. The van der Waals surface area contributed by atoms with Gasteiger partial charge in [0.25, 0.3) is 5.91 Å². The van der Waals surface area contributed by atoms with Crippen LogP contribution in [0.25, 0.3) is 6.08 Å². The molecule has 1 aliphatic rings. The van der Waals surface area contributed by atoms with Crippen LogP contribution in [0.4, 0.5) is 0 Å². The van der Waals surface area contributed by atoms with Crippen molar-refractivity contribution in [2.45, 2.75) is 0 Å². The Morgan fingerprint density at radius 1 is 1.12 bits per heavy atom. The number of hydrogen-bond acceptors (Lipinski definition) is 4. The molecule has 0 spiro atoms. The highest BCUT2D eigenvalue weighted by molar-refractivity contribution is 9.10. The Balaban J connectivity index is 1.84. The number of aliphatic carboxylic acids is 1. The van der Waals surface area contributed by atoms with Crippen LogP contribution in [0.5, 0.6) is 11.5 Å². The van der Waals surface area contributed by atoms with Crippen molar-refractivity contribution < 1.29 is 24.2 Å². The predicted molar refractivity (Wildman–Crippen MR) is 89.8 cm³/mol. The quantitative estimate of drug-likeness (QED) is 0.785. The summed E-state index contributed by atoms with van der Waals surface area (Å²) >= 11 is 3.27. The number of carboxylic acid groups (broad SMARTS) is 1. The second kappa shape index (κ2) is 6.76. The molecule has 1 heterocycles. The lowest BCUT2D eigenvalue weighted by Gasteiger charge is -2.07. The molecule has 24 heavy (non-hydrogen) atoms. The van der Waals surface area contributed by atoms with Crippen molar-refractivity contribution in [2.24, 2.45) is 0 Å². The molecule has 0 bridgehead atoms. The van der Waals surface area contributed by atoms with Crippen molar-refractivity contribution in [3.63, 3.8) is 0 Å². The first-order valence-corrected chi connectivity index (χ1v) is 7.74. The molecule has 0 unspecified atom stereocenters. The second-order valence-electron chi connectivity index (χ2n) is 4.94. The van der Waals surface area contributed by atoms with Gasteiger partial charge in [-0.1, -0.05) is 28.1 Å². The standard InChI is InChI=1S/C17H12BrNO5/c18-12-3-1-2-11(8-12)16(20)19-13(17(21)22)6-10-4-5-14-15(7-10)24-9-23-14/h1-8H,9H2,(H,19,20)(H,21,22)/b13-6+. The van der Waals surface area contributed by atoms with Crippen molar-refractivity contribution in [1.29, 1.82) is 0 Å². The first kappa shape index (κ1) is 16.1. The van der Waals surface area contributed by atoms with Gasteiger partial charge in [0.1, 0.15) is 5.70 Å². The zero-order valence-electron chi connectivity index (χ0n) is 12.3. The number of carbonyl (C=O) groups is 2. The lowest BCUT2D eigenvalue weighted by Crippen LogP contribution is -2.27. The highest BCUT2D eigenvalue weighted by Crippen LogP contribution is 2.33. The molecule has 2 N–H and O–H groups in total. The molecule has 2 aromatic carbocycles. The topological polar surface area (TPSA) is 84.9 Å². The van der Waals surface area contributed by atoms with Crippen LogP contribution >= 0.6 is 15.9 Å². The minimum atomic E-state index is -1.24. The summed E-state index contributed by atoms with van der Waals surface area (Å²) in [6.07, 6.45) is 1.36. The molecule has 0 saturated heterocycles. The first-order valence-electron chi connectivity index (χ1n) is 6.94. The average Bonchev–Trinajstić information content (AvgIpc) is 3.01. The van der Waals surface area contributed by atoms with Gasteiger partial charge in [0.2, 0.25) is 6.79 Å². The largest absolute Gasteiger partial charge is 0.477 e. The van der Waals surface area contributed by atoms with Crippen LogP contribution in [0, 0.1) is 0 Å². The molecule has 2 aromatic rings. The number of nitrogens with one attached hydrogen (secondary N) is 1. The number of rotatable bonds is 4. The maximum absolute atomic E-state index is 12.2. The van der Waals surface area contributed by atoms with Crippen LogP contribution in [0.3, 0.4) is 0 Å². The summed E-state index contributed by atoms with van der Waals surface area (Å²) < 4.78 is 11.2. The van der Waals surface area contributed by atoms with E-state index in [4.69, 9.17) is 9.47 Å². The van der Waals surface area contributed by atoms with Gasteiger partial charge in [-0.2, -0.15) is 0 Å². The van der Waals surface area contributed by atoms with E-state index in [1.165, 1.54) is 6.08 Å². The Bertz CT molecular complexity index is 847. The summed E-state index contributed by atoms with van der Waals surface area (Å²) in [6, 6.07) is 11.7. The third kappa shape index (κ3) is 3.57. The highest BCUT2D eigenvalue weighted by Gasteiger charge is 2.16. The van der Waals surface area contributed by atoms with E-state index in [2.05, 4.69) is 21.2 Å². The number of halogens is 1. The van der Waals surface area contributed by atoms with E-state index < -0.39 is 11.9 Å². The Labute approximate surface area is 145 Å². The molecule has 0 aromatic heterocycles. The third-order valence-electron chi connectivity index (χ3n) is 3.27. The molecule has 3 rings (SSSR count). The van der Waals surface area contributed by atoms with E-state index in [1.54, 1.807) is 42.5 Å². The average molecular weight is 390 g/mol. The zero-order chi connectivity index (χ0) is 17.1. The number of carboxylic acids is 1. The zero-order valence-corrected chi connectivity index (χ0v) is 13.9. The highest BCUT2D eigenvalue weighted by atomic mass is 79.9. The molecular formula is C17H12BrNO5. The Morgan fingerprint density at radius 3 is 2.67 bits per heavy atom. The smallest absolute Gasteiger partial charge is 0.352 e. The molecule has 122 valence electrons. The number of amides is 1. The van der Waals surface area contributed by atoms with Gasteiger partial charge in [-0.05, 0) is 42.0 Å². The number of hydrogen-bond donors (Lipinski definition) is 2. The lowest BCUT2D eigenvalue weighted by atomic mass is 10.1. The summed E-state index contributed by atoms with van der Waals surface area (Å²) in [7, 11) is 0. The molecule has 0 fully saturated rings. The SMILES string of the molecule is O=C(O)/C(=C\c1ccc2c(c1)OCO2)NC(=O)c1cccc(Br)c1. The fraction of sp³-hybridized carbons (Fsp3) is 0.0588. The second-order valence-corrected chi connectivity index (χ2v) is 5.86. The van der Waals surface area contributed by atoms with Crippen LogP contribution < -0.4 is 14.8 Å². The van der Waals surface area contributed by atoms with Crippen molar-refractivity contribution in [1.82, 2.24) is 5.32 Å². The fourth-order valence-corrected chi connectivity index (χ4v) is 2.54. The molecule has 1 amide bonds. The van der Waals surface area contributed by atoms with Crippen molar-refractivity contribution in [3.05, 3.63) is 63.8 Å². The van der Waals surface area contributed by atoms with Gasteiger partial charge in [-0.15, -0.1) is 0 Å². The van der Waals surface area contributed by atoms with Gasteiger partial charge in [-0.3, -0.25) is 4.79 Å².